The Hall–Kier alpha value is -2.07. The Kier molecular flexibility index (Phi) is 8.81. The van der Waals surface area contributed by atoms with Crippen LogP contribution in [0.25, 0.3) is 0 Å². The molecule has 0 radical (unpaired) electrons. The second-order valence-corrected chi connectivity index (χ2v) is 9.90. The van der Waals surface area contributed by atoms with Gasteiger partial charge in [-0.25, -0.2) is 0 Å². The molecule has 174 valence electrons. The Morgan fingerprint density at radius 3 is 2.61 bits per heavy atom. The van der Waals surface area contributed by atoms with Gasteiger partial charge in [0, 0.05) is 21.7 Å². The van der Waals surface area contributed by atoms with Gasteiger partial charge in [0.1, 0.15) is 0 Å². The minimum absolute atomic E-state index is 0.142. The van der Waals surface area contributed by atoms with Crippen LogP contribution < -0.4 is 10.6 Å². The molecule has 2 aromatic carbocycles. The lowest BCUT2D eigenvalue weighted by Crippen LogP contribution is -2.29. The van der Waals surface area contributed by atoms with Crippen molar-refractivity contribution in [1.29, 1.82) is 0 Å². The molecule has 1 heterocycles. The van der Waals surface area contributed by atoms with Crippen molar-refractivity contribution >= 4 is 68.4 Å². The highest BCUT2D eigenvalue weighted by molar-refractivity contribution is 9.10. The van der Waals surface area contributed by atoms with Crippen molar-refractivity contribution in [2.45, 2.75) is 38.5 Å². The van der Waals surface area contributed by atoms with Crippen molar-refractivity contribution < 1.29 is 9.59 Å². The number of nitrogens with zero attached hydrogens (tertiary/aromatic N) is 3. The molecular weight excluding hydrogens is 549 g/mol. The van der Waals surface area contributed by atoms with E-state index in [1.54, 1.807) is 12.1 Å². The summed E-state index contributed by atoms with van der Waals surface area (Å²) in [6, 6.07) is 9.95. The van der Waals surface area contributed by atoms with Crippen molar-refractivity contribution in [1.82, 2.24) is 20.1 Å². The van der Waals surface area contributed by atoms with Gasteiger partial charge < -0.3 is 15.2 Å². The Morgan fingerprint density at radius 1 is 1.18 bits per heavy atom. The van der Waals surface area contributed by atoms with Gasteiger partial charge in [-0.3, -0.25) is 9.59 Å². The van der Waals surface area contributed by atoms with Gasteiger partial charge in [-0.05, 0) is 62.7 Å². The molecular formula is C22H22BrCl2N5O2S. The molecule has 0 aliphatic carbocycles. The van der Waals surface area contributed by atoms with Gasteiger partial charge >= 0.3 is 0 Å². The highest BCUT2D eigenvalue weighted by Crippen LogP contribution is 2.24. The number of halogens is 3. The minimum Gasteiger partial charge on any atom is -0.342 e. The number of carbonyl (C=O) groups excluding carboxylic acids is 2. The lowest BCUT2D eigenvalue weighted by molar-refractivity contribution is -0.113. The predicted molar refractivity (Wildman–Crippen MR) is 136 cm³/mol. The van der Waals surface area contributed by atoms with Crippen molar-refractivity contribution in [3.63, 3.8) is 0 Å². The molecule has 1 aromatic heterocycles. The van der Waals surface area contributed by atoms with E-state index in [9.17, 15) is 9.59 Å². The number of benzene rings is 2. The van der Waals surface area contributed by atoms with Crippen LogP contribution in [0.1, 0.15) is 41.6 Å². The zero-order valence-electron chi connectivity index (χ0n) is 18.2. The third kappa shape index (κ3) is 6.50. The monoisotopic (exact) mass is 569 g/mol. The minimum atomic E-state index is -0.426. The van der Waals surface area contributed by atoms with E-state index in [4.69, 9.17) is 23.2 Å². The van der Waals surface area contributed by atoms with Crippen LogP contribution in [0.15, 0.2) is 46.0 Å². The summed E-state index contributed by atoms with van der Waals surface area (Å²) < 4.78 is 2.83. The fourth-order valence-corrected chi connectivity index (χ4v) is 4.90. The molecule has 0 saturated heterocycles. The number of amides is 2. The van der Waals surface area contributed by atoms with Crippen molar-refractivity contribution in [3.8, 4) is 0 Å². The standard InChI is InChI=1S/C22H22BrCl2N5O2S/c1-4-30-20(13(3)26-21(32)16-7-6-15(24)10-17(16)25)28-29-22(30)33-11-19(31)27-18-8-5-14(23)9-12(18)2/h5-10,13H,4,11H2,1-3H3,(H,26,32)(H,27,31)/t13-/m1/s1. The number of aryl methyl sites for hydroxylation is 1. The molecule has 11 heteroatoms. The molecule has 0 bridgehead atoms. The summed E-state index contributed by atoms with van der Waals surface area (Å²) in [7, 11) is 0. The Morgan fingerprint density at radius 2 is 1.94 bits per heavy atom. The van der Waals surface area contributed by atoms with Crippen LogP contribution in [0.4, 0.5) is 5.69 Å². The smallest absolute Gasteiger partial charge is 0.253 e. The maximum absolute atomic E-state index is 12.6. The number of hydrogen-bond donors (Lipinski definition) is 2. The predicted octanol–water partition coefficient (Wildman–Crippen LogP) is 5.90. The molecule has 2 amide bonds. The number of aromatic nitrogens is 3. The maximum Gasteiger partial charge on any atom is 0.253 e. The number of anilines is 1. The third-order valence-corrected chi connectivity index (χ3v) is 6.78. The van der Waals surface area contributed by atoms with Crippen LogP contribution in [0.3, 0.4) is 0 Å². The Balaban J connectivity index is 1.65. The van der Waals surface area contributed by atoms with Crippen LogP contribution >= 0.6 is 50.9 Å². The van der Waals surface area contributed by atoms with E-state index >= 15 is 0 Å². The van der Waals surface area contributed by atoms with Crippen LogP contribution in [0.2, 0.25) is 10.0 Å². The first kappa shape index (κ1) is 25.6. The average molecular weight is 571 g/mol. The molecule has 33 heavy (non-hydrogen) atoms. The molecule has 0 fully saturated rings. The summed E-state index contributed by atoms with van der Waals surface area (Å²) >= 11 is 16.7. The van der Waals surface area contributed by atoms with E-state index in [2.05, 4.69) is 36.8 Å². The van der Waals surface area contributed by atoms with Gasteiger partial charge in [0.15, 0.2) is 11.0 Å². The molecule has 0 spiro atoms. The first-order valence-corrected chi connectivity index (χ1v) is 12.6. The van der Waals surface area contributed by atoms with Gasteiger partial charge in [0.2, 0.25) is 5.91 Å². The second-order valence-electron chi connectivity index (χ2n) is 7.20. The van der Waals surface area contributed by atoms with Crippen LogP contribution in [-0.4, -0.2) is 32.3 Å². The van der Waals surface area contributed by atoms with E-state index in [1.165, 1.54) is 17.8 Å². The highest BCUT2D eigenvalue weighted by atomic mass is 79.9. The summed E-state index contributed by atoms with van der Waals surface area (Å²) in [5, 5.41) is 15.6. The molecule has 3 rings (SSSR count). The summed E-state index contributed by atoms with van der Waals surface area (Å²) in [6.07, 6.45) is 0. The molecule has 3 aromatic rings. The molecule has 2 N–H and O–H groups in total. The van der Waals surface area contributed by atoms with Crippen LogP contribution in [-0.2, 0) is 11.3 Å². The number of thioether (sulfide) groups is 1. The van der Waals surface area contributed by atoms with Crippen molar-refractivity contribution in [2.75, 3.05) is 11.1 Å². The van der Waals surface area contributed by atoms with Gasteiger partial charge in [0.25, 0.3) is 5.91 Å². The van der Waals surface area contributed by atoms with Gasteiger partial charge in [-0.15, -0.1) is 10.2 Å². The number of carbonyl (C=O) groups is 2. The zero-order valence-corrected chi connectivity index (χ0v) is 22.1. The Labute approximate surface area is 214 Å². The summed E-state index contributed by atoms with van der Waals surface area (Å²) in [5.74, 6) is 0.279. The van der Waals surface area contributed by atoms with Crippen molar-refractivity contribution in [3.05, 3.63) is 67.9 Å². The highest BCUT2D eigenvalue weighted by Gasteiger charge is 2.21. The molecule has 0 saturated carbocycles. The van der Waals surface area contributed by atoms with Crippen molar-refractivity contribution in [2.24, 2.45) is 0 Å². The lowest BCUT2D eigenvalue weighted by atomic mass is 10.2. The first-order chi connectivity index (χ1) is 15.7. The summed E-state index contributed by atoms with van der Waals surface area (Å²) in [4.78, 5) is 25.1. The second kappa shape index (κ2) is 11.4. The largest absolute Gasteiger partial charge is 0.342 e. The molecule has 0 aliphatic rings. The van der Waals surface area contributed by atoms with Gasteiger partial charge in [0.05, 0.1) is 22.4 Å². The molecule has 7 nitrogen and oxygen atoms in total. The summed E-state index contributed by atoms with van der Waals surface area (Å²) in [5.41, 5.74) is 2.05. The van der Waals surface area contributed by atoms with E-state index in [-0.39, 0.29) is 22.6 Å². The molecule has 0 aliphatic heterocycles. The maximum atomic E-state index is 12.6. The van der Waals surface area contributed by atoms with E-state index in [0.29, 0.717) is 28.1 Å². The van der Waals surface area contributed by atoms with Crippen LogP contribution in [0.5, 0.6) is 0 Å². The third-order valence-electron chi connectivity index (χ3n) is 4.77. The molecule has 1 atom stereocenters. The summed E-state index contributed by atoms with van der Waals surface area (Å²) in [6.45, 7) is 6.28. The average Bonchev–Trinajstić information content (AvgIpc) is 3.17. The Bertz CT molecular complexity index is 1190. The van der Waals surface area contributed by atoms with E-state index < -0.39 is 6.04 Å². The van der Waals surface area contributed by atoms with E-state index in [0.717, 1.165) is 15.7 Å². The van der Waals surface area contributed by atoms with Crippen LogP contribution in [0, 0.1) is 6.92 Å². The van der Waals surface area contributed by atoms with Gasteiger partial charge in [-0.2, -0.15) is 0 Å². The normalized spacial score (nSPS) is 11.8. The SMILES string of the molecule is CCn1c(SCC(=O)Nc2ccc(Br)cc2C)nnc1[C@@H](C)NC(=O)c1ccc(Cl)cc1Cl. The fourth-order valence-electron chi connectivity index (χ4n) is 3.12. The number of nitrogens with one attached hydrogen (secondary N) is 2. The number of hydrogen-bond acceptors (Lipinski definition) is 5. The molecule has 0 unspecified atom stereocenters. The number of rotatable bonds is 8. The van der Waals surface area contributed by atoms with Gasteiger partial charge in [-0.1, -0.05) is 50.9 Å². The topological polar surface area (TPSA) is 88.9 Å². The fraction of sp³-hybridized carbons (Fsp3) is 0.273. The first-order valence-electron chi connectivity index (χ1n) is 10.1. The lowest BCUT2D eigenvalue weighted by Gasteiger charge is -2.15. The quantitative estimate of drug-likeness (QED) is 0.329. The van der Waals surface area contributed by atoms with E-state index in [1.807, 2.05) is 43.5 Å². The zero-order chi connectivity index (χ0) is 24.1.